The number of benzene rings is 2. The van der Waals surface area contributed by atoms with Gasteiger partial charge in [-0.05, 0) is 23.6 Å². The Kier molecular flexibility index (Phi) is 6.16. The van der Waals surface area contributed by atoms with Gasteiger partial charge in [-0.3, -0.25) is 4.79 Å². The highest BCUT2D eigenvalue weighted by atomic mass is 16.5. The Balaban J connectivity index is 0.00000220. The van der Waals surface area contributed by atoms with E-state index in [1.807, 2.05) is 26.0 Å². The zero-order valence-corrected chi connectivity index (χ0v) is 12.2. The Morgan fingerprint density at radius 1 is 0.952 bits per heavy atom. The van der Waals surface area contributed by atoms with E-state index < -0.39 is 0 Å². The average Bonchev–Trinajstić information content (AvgIpc) is 2.46. The highest BCUT2D eigenvalue weighted by Gasteiger charge is 2.08. The molecular weight excluding hydrogens is 260 g/mol. The summed E-state index contributed by atoms with van der Waals surface area (Å²) in [6.07, 6.45) is 0. The van der Waals surface area contributed by atoms with Crippen molar-refractivity contribution in [2.24, 2.45) is 5.92 Å². The molecule has 2 aromatic rings. The summed E-state index contributed by atoms with van der Waals surface area (Å²) >= 11 is 0. The summed E-state index contributed by atoms with van der Waals surface area (Å²) in [6.45, 7) is 6.09. The summed E-state index contributed by atoms with van der Waals surface area (Å²) in [5.41, 5.74) is 4.63. The predicted molar refractivity (Wildman–Crippen MR) is 88.0 cm³/mol. The third kappa shape index (κ3) is 4.75. The van der Waals surface area contributed by atoms with Crippen LogP contribution in [0.3, 0.4) is 0 Å². The lowest BCUT2D eigenvalue weighted by Gasteiger charge is -2.08. The molecule has 0 aliphatic carbocycles. The van der Waals surface area contributed by atoms with Crippen LogP contribution in [-0.4, -0.2) is 5.97 Å². The number of hydrogen-bond acceptors (Lipinski definition) is 2. The molecule has 0 aromatic heterocycles. The summed E-state index contributed by atoms with van der Waals surface area (Å²) in [5.74, 6) is -0.241. The summed E-state index contributed by atoms with van der Waals surface area (Å²) in [4.78, 5) is 11.4. The van der Waals surface area contributed by atoms with Crippen LogP contribution in [0, 0.1) is 12.8 Å². The number of rotatable bonds is 4. The van der Waals surface area contributed by atoms with Gasteiger partial charge in [0.15, 0.2) is 0 Å². The van der Waals surface area contributed by atoms with Crippen molar-refractivity contribution >= 4 is 5.97 Å². The van der Waals surface area contributed by atoms with Gasteiger partial charge in [-0.25, -0.2) is 0 Å². The lowest BCUT2D eigenvalue weighted by molar-refractivity contribution is -0.148. The van der Waals surface area contributed by atoms with Gasteiger partial charge in [0, 0.05) is 0 Å². The molecule has 112 valence electrons. The Bertz CT molecular complexity index is 566. The maximum absolute atomic E-state index is 11.4. The summed E-state index contributed by atoms with van der Waals surface area (Å²) in [7, 11) is 0. The van der Waals surface area contributed by atoms with E-state index in [4.69, 9.17) is 4.74 Å². The second-order valence-corrected chi connectivity index (χ2v) is 5.33. The summed E-state index contributed by atoms with van der Waals surface area (Å²) in [5, 5.41) is 0. The molecule has 0 amide bonds. The molecule has 0 N–H and O–H groups in total. The lowest BCUT2D eigenvalue weighted by Crippen LogP contribution is -2.11. The van der Waals surface area contributed by atoms with E-state index >= 15 is 0 Å². The summed E-state index contributed by atoms with van der Waals surface area (Å²) < 4.78 is 5.21. The monoisotopic (exact) mass is 284 g/mol. The molecule has 0 heterocycles. The number of hydrogen-bond donors (Lipinski definition) is 0. The Morgan fingerprint density at radius 2 is 1.43 bits per heavy atom. The fraction of sp³-hybridized carbons (Fsp3) is 0.316. The predicted octanol–water partition coefficient (Wildman–Crippen LogP) is 5.00. The van der Waals surface area contributed by atoms with Crippen LogP contribution in [0.4, 0.5) is 0 Å². The second-order valence-electron chi connectivity index (χ2n) is 5.33. The van der Waals surface area contributed by atoms with Crippen LogP contribution in [0.25, 0.3) is 11.1 Å². The van der Waals surface area contributed by atoms with Crippen molar-refractivity contribution in [2.45, 2.75) is 34.8 Å². The highest BCUT2D eigenvalue weighted by Crippen LogP contribution is 2.20. The van der Waals surface area contributed by atoms with Gasteiger partial charge >= 0.3 is 5.97 Å². The molecule has 0 aliphatic heterocycles. The minimum atomic E-state index is -0.160. The van der Waals surface area contributed by atoms with Crippen LogP contribution >= 0.6 is 0 Å². The SMILES string of the molecule is C.Cc1ccc(-c2ccc(COC(=O)C(C)C)cc2)cc1. The van der Waals surface area contributed by atoms with Crippen molar-refractivity contribution in [1.82, 2.24) is 0 Å². The van der Waals surface area contributed by atoms with E-state index in [2.05, 4.69) is 43.3 Å². The molecule has 0 saturated carbocycles. The van der Waals surface area contributed by atoms with Gasteiger partial charge in [0.1, 0.15) is 6.61 Å². The Morgan fingerprint density at radius 3 is 1.90 bits per heavy atom. The van der Waals surface area contributed by atoms with Gasteiger partial charge < -0.3 is 4.74 Å². The van der Waals surface area contributed by atoms with Crippen LogP contribution in [0.15, 0.2) is 48.5 Å². The first-order valence-electron chi connectivity index (χ1n) is 6.89. The van der Waals surface area contributed by atoms with Gasteiger partial charge in [-0.15, -0.1) is 0 Å². The third-order valence-electron chi connectivity index (χ3n) is 3.19. The molecule has 2 aromatic carbocycles. The van der Waals surface area contributed by atoms with Gasteiger partial charge in [-0.1, -0.05) is 75.4 Å². The average molecular weight is 284 g/mol. The molecule has 2 nitrogen and oxygen atoms in total. The van der Waals surface area contributed by atoms with E-state index in [-0.39, 0.29) is 19.3 Å². The molecule has 0 radical (unpaired) electrons. The first kappa shape index (κ1) is 17.0. The van der Waals surface area contributed by atoms with Crippen molar-refractivity contribution in [2.75, 3.05) is 0 Å². The quantitative estimate of drug-likeness (QED) is 0.739. The van der Waals surface area contributed by atoms with E-state index in [0.29, 0.717) is 6.61 Å². The fourth-order valence-corrected chi connectivity index (χ4v) is 1.86. The maximum Gasteiger partial charge on any atom is 0.308 e. The molecule has 2 heteroatoms. The van der Waals surface area contributed by atoms with E-state index in [0.717, 1.165) is 5.56 Å². The fourth-order valence-electron chi connectivity index (χ4n) is 1.86. The second kappa shape index (κ2) is 7.63. The minimum Gasteiger partial charge on any atom is -0.461 e. The van der Waals surface area contributed by atoms with Crippen LogP contribution in [0.5, 0.6) is 0 Å². The number of carbonyl (C=O) groups excluding carboxylic acids is 1. The molecule has 21 heavy (non-hydrogen) atoms. The smallest absolute Gasteiger partial charge is 0.308 e. The first-order valence-corrected chi connectivity index (χ1v) is 6.89. The molecule has 0 bridgehead atoms. The van der Waals surface area contributed by atoms with Crippen molar-refractivity contribution in [3.8, 4) is 11.1 Å². The minimum absolute atomic E-state index is 0. The number of carbonyl (C=O) groups is 1. The molecular formula is C19H24O2. The maximum atomic E-state index is 11.4. The third-order valence-corrected chi connectivity index (χ3v) is 3.19. The lowest BCUT2D eigenvalue weighted by atomic mass is 10.0. The van der Waals surface area contributed by atoms with Gasteiger partial charge in [0.2, 0.25) is 0 Å². The summed E-state index contributed by atoms with van der Waals surface area (Å²) in [6, 6.07) is 16.6. The molecule has 0 unspecified atom stereocenters. The number of esters is 1. The van der Waals surface area contributed by atoms with Crippen molar-refractivity contribution < 1.29 is 9.53 Å². The Hall–Kier alpha value is -2.09. The number of aryl methyl sites for hydroxylation is 1. The van der Waals surface area contributed by atoms with E-state index in [1.165, 1.54) is 16.7 Å². The molecule has 2 rings (SSSR count). The largest absolute Gasteiger partial charge is 0.461 e. The van der Waals surface area contributed by atoms with Crippen LogP contribution in [0.1, 0.15) is 32.4 Å². The van der Waals surface area contributed by atoms with Crippen molar-refractivity contribution in [1.29, 1.82) is 0 Å². The topological polar surface area (TPSA) is 26.3 Å². The van der Waals surface area contributed by atoms with Crippen LogP contribution < -0.4 is 0 Å². The van der Waals surface area contributed by atoms with Crippen molar-refractivity contribution in [3.05, 3.63) is 59.7 Å². The van der Waals surface area contributed by atoms with Crippen LogP contribution in [0.2, 0.25) is 0 Å². The van der Waals surface area contributed by atoms with Gasteiger partial charge in [-0.2, -0.15) is 0 Å². The standard InChI is InChI=1S/C18H20O2.CH4/c1-13(2)18(19)20-12-15-6-10-17(11-7-15)16-8-4-14(3)5-9-16;/h4-11,13H,12H2,1-3H3;1H4. The van der Waals surface area contributed by atoms with Crippen LogP contribution in [-0.2, 0) is 16.1 Å². The normalized spacial score (nSPS) is 10.1. The first-order chi connectivity index (χ1) is 9.56. The number of ether oxygens (including phenoxy) is 1. The zero-order chi connectivity index (χ0) is 14.5. The molecule has 0 saturated heterocycles. The molecule has 0 aliphatic rings. The van der Waals surface area contributed by atoms with E-state index in [1.54, 1.807) is 0 Å². The Labute approximate surface area is 127 Å². The van der Waals surface area contributed by atoms with Crippen molar-refractivity contribution in [3.63, 3.8) is 0 Å². The zero-order valence-electron chi connectivity index (χ0n) is 12.2. The highest BCUT2D eigenvalue weighted by molar-refractivity contribution is 5.71. The van der Waals surface area contributed by atoms with Gasteiger partial charge in [0.25, 0.3) is 0 Å². The van der Waals surface area contributed by atoms with E-state index in [9.17, 15) is 4.79 Å². The molecule has 0 fully saturated rings. The molecule has 0 atom stereocenters. The molecule has 0 spiro atoms. The van der Waals surface area contributed by atoms with Gasteiger partial charge in [0.05, 0.1) is 5.92 Å².